The van der Waals surface area contributed by atoms with Gasteiger partial charge in [-0.25, -0.2) is 4.98 Å². The molecule has 1 N–H and O–H groups in total. The lowest BCUT2D eigenvalue weighted by atomic mass is 10.2. The molecule has 1 aromatic heterocycles. The number of thioether (sulfide) groups is 1. The van der Waals surface area contributed by atoms with E-state index in [4.69, 9.17) is 4.98 Å². The summed E-state index contributed by atoms with van der Waals surface area (Å²) < 4.78 is 0. The van der Waals surface area contributed by atoms with Crippen molar-refractivity contribution in [2.24, 2.45) is 0 Å². The summed E-state index contributed by atoms with van der Waals surface area (Å²) in [5.41, 5.74) is 1.32. The van der Waals surface area contributed by atoms with Crippen LogP contribution in [0.3, 0.4) is 0 Å². The average molecular weight is 299 g/mol. The van der Waals surface area contributed by atoms with Gasteiger partial charge in [-0.3, -0.25) is 0 Å². The fourth-order valence-corrected chi connectivity index (χ4v) is 4.65. The molecule has 1 saturated carbocycles. The minimum atomic E-state index is 0.754. The summed E-state index contributed by atoms with van der Waals surface area (Å²) in [7, 11) is 0. The molecule has 0 amide bonds. The van der Waals surface area contributed by atoms with Crippen LogP contribution in [0.15, 0.2) is 0 Å². The zero-order chi connectivity index (χ0) is 13.5. The van der Waals surface area contributed by atoms with Crippen LogP contribution < -0.4 is 5.32 Å². The van der Waals surface area contributed by atoms with Gasteiger partial charge in [0.2, 0.25) is 0 Å². The van der Waals surface area contributed by atoms with Crippen LogP contribution in [-0.2, 0) is 18.7 Å². The van der Waals surface area contributed by atoms with E-state index in [2.05, 4.69) is 19.2 Å². The Morgan fingerprint density at radius 1 is 1.32 bits per heavy atom. The van der Waals surface area contributed by atoms with Crippen LogP contribution in [0.4, 0.5) is 0 Å². The van der Waals surface area contributed by atoms with Crippen LogP contribution in [0, 0.1) is 0 Å². The lowest BCUT2D eigenvalue weighted by Crippen LogP contribution is -2.25. The van der Waals surface area contributed by atoms with Crippen LogP contribution in [0.1, 0.15) is 61.5 Å². The van der Waals surface area contributed by atoms with E-state index in [0.717, 1.165) is 24.8 Å². The summed E-state index contributed by atoms with van der Waals surface area (Å²) in [4.78, 5) is 6.28. The summed E-state index contributed by atoms with van der Waals surface area (Å²) in [6.45, 7) is 5.49. The Kier molecular flexibility index (Phi) is 6.68. The Balaban J connectivity index is 1.86. The first-order valence-electron chi connectivity index (χ1n) is 7.62. The third-order valence-electron chi connectivity index (χ3n) is 3.64. The number of aromatic nitrogens is 1. The number of thiazole rings is 1. The van der Waals surface area contributed by atoms with Crippen LogP contribution >= 0.6 is 23.1 Å². The Bertz CT molecular complexity index is 370. The van der Waals surface area contributed by atoms with Crippen molar-refractivity contribution in [3.63, 3.8) is 0 Å². The van der Waals surface area contributed by atoms with Gasteiger partial charge in [-0.15, -0.1) is 11.3 Å². The van der Waals surface area contributed by atoms with Crippen molar-refractivity contribution in [3.8, 4) is 0 Å². The molecule has 108 valence electrons. The van der Waals surface area contributed by atoms with Crippen LogP contribution in [0.2, 0.25) is 0 Å². The summed E-state index contributed by atoms with van der Waals surface area (Å²) in [6.07, 6.45) is 7.85. The molecule has 1 fully saturated rings. The molecule has 0 spiro atoms. The molecule has 19 heavy (non-hydrogen) atoms. The molecule has 0 aromatic carbocycles. The number of aryl methyl sites for hydroxylation is 1. The standard InChI is InChI=1S/C15H26N2S2/c1-3-9-18-11-15-17-13(4-2)14(19-15)10-16-12-7-5-6-8-12/h12,16H,3-11H2,1-2H3. The van der Waals surface area contributed by atoms with Gasteiger partial charge in [0.05, 0.1) is 5.69 Å². The van der Waals surface area contributed by atoms with E-state index >= 15 is 0 Å². The lowest BCUT2D eigenvalue weighted by Gasteiger charge is -2.10. The number of nitrogens with one attached hydrogen (secondary N) is 1. The molecular formula is C15H26N2S2. The van der Waals surface area contributed by atoms with Gasteiger partial charge < -0.3 is 5.32 Å². The molecule has 0 unspecified atom stereocenters. The van der Waals surface area contributed by atoms with Gasteiger partial charge in [-0.05, 0) is 31.4 Å². The zero-order valence-electron chi connectivity index (χ0n) is 12.2. The molecule has 2 rings (SSSR count). The van der Waals surface area contributed by atoms with Crippen molar-refractivity contribution in [3.05, 3.63) is 15.6 Å². The molecule has 0 radical (unpaired) electrons. The van der Waals surface area contributed by atoms with Crippen molar-refractivity contribution < 1.29 is 0 Å². The van der Waals surface area contributed by atoms with E-state index in [-0.39, 0.29) is 0 Å². The number of hydrogen-bond acceptors (Lipinski definition) is 4. The Labute approximate surface area is 125 Å². The molecule has 2 nitrogen and oxygen atoms in total. The topological polar surface area (TPSA) is 24.9 Å². The average Bonchev–Trinajstić information content (AvgIpc) is 3.05. The molecule has 4 heteroatoms. The smallest absolute Gasteiger partial charge is 0.103 e. The van der Waals surface area contributed by atoms with Gasteiger partial charge in [0.15, 0.2) is 0 Å². The second-order valence-electron chi connectivity index (χ2n) is 5.25. The molecule has 1 aliphatic carbocycles. The fraction of sp³-hybridized carbons (Fsp3) is 0.800. The highest BCUT2D eigenvalue weighted by molar-refractivity contribution is 7.98. The lowest BCUT2D eigenvalue weighted by molar-refractivity contribution is 0.525. The van der Waals surface area contributed by atoms with Gasteiger partial charge in [-0.2, -0.15) is 11.8 Å². The SMILES string of the molecule is CCCSCc1nc(CC)c(CNC2CCCC2)s1. The van der Waals surface area contributed by atoms with Gasteiger partial charge in [0.1, 0.15) is 5.01 Å². The minimum Gasteiger partial charge on any atom is -0.309 e. The maximum absolute atomic E-state index is 4.80. The number of hydrogen-bond donors (Lipinski definition) is 1. The predicted octanol–water partition coefficient (Wildman–Crippen LogP) is 4.38. The highest BCUT2D eigenvalue weighted by Crippen LogP contribution is 2.24. The molecule has 1 heterocycles. The number of rotatable bonds is 8. The quantitative estimate of drug-likeness (QED) is 0.721. The molecule has 0 aliphatic heterocycles. The predicted molar refractivity (Wildman–Crippen MR) is 87.0 cm³/mol. The van der Waals surface area contributed by atoms with E-state index < -0.39 is 0 Å². The first kappa shape index (κ1) is 15.3. The first-order chi connectivity index (χ1) is 9.33. The highest BCUT2D eigenvalue weighted by Gasteiger charge is 2.16. The minimum absolute atomic E-state index is 0.754. The highest BCUT2D eigenvalue weighted by atomic mass is 32.2. The van der Waals surface area contributed by atoms with Gasteiger partial charge in [0.25, 0.3) is 0 Å². The van der Waals surface area contributed by atoms with Crippen molar-refractivity contribution in [1.82, 2.24) is 10.3 Å². The van der Waals surface area contributed by atoms with E-state index in [1.54, 1.807) is 0 Å². The van der Waals surface area contributed by atoms with Gasteiger partial charge in [0, 0.05) is 23.2 Å². The van der Waals surface area contributed by atoms with Crippen LogP contribution in [-0.4, -0.2) is 16.8 Å². The molecule has 1 aliphatic rings. The Morgan fingerprint density at radius 2 is 2.11 bits per heavy atom. The molecule has 0 saturated heterocycles. The number of nitrogens with zero attached hydrogens (tertiary/aromatic N) is 1. The summed E-state index contributed by atoms with van der Waals surface area (Å²) in [6, 6.07) is 0.754. The maximum atomic E-state index is 4.80. The molecule has 0 atom stereocenters. The summed E-state index contributed by atoms with van der Waals surface area (Å²) in [5, 5.41) is 5.03. The van der Waals surface area contributed by atoms with Crippen LogP contribution in [0.25, 0.3) is 0 Å². The Morgan fingerprint density at radius 3 is 2.79 bits per heavy atom. The van der Waals surface area contributed by atoms with E-state index in [1.807, 2.05) is 23.1 Å². The zero-order valence-corrected chi connectivity index (χ0v) is 13.8. The van der Waals surface area contributed by atoms with Gasteiger partial charge in [-0.1, -0.05) is 26.7 Å². The molecule has 1 aromatic rings. The molecular weight excluding hydrogens is 272 g/mol. The summed E-state index contributed by atoms with van der Waals surface area (Å²) >= 11 is 3.93. The monoisotopic (exact) mass is 298 g/mol. The summed E-state index contributed by atoms with van der Waals surface area (Å²) in [5.74, 6) is 2.34. The van der Waals surface area contributed by atoms with Crippen molar-refractivity contribution in [2.75, 3.05) is 5.75 Å². The molecule has 0 bridgehead atoms. The van der Waals surface area contributed by atoms with Crippen molar-refractivity contribution >= 4 is 23.1 Å². The van der Waals surface area contributed by atoms with Crippen LogP contribution in [0.5, 0.6) is 0 Å². The maximum Gasteiger partial charge on any atom is 0.103 e. The first-order valence-corrected chi connectivity index (χ1v) is 9.59. The second kappa shape index (κ2) is 8.28. The largest absolute Gasteiger partial charge is 0.309 e. The normalized spacial score (nSPS) is 16.3. The third-order valence-corrected chi connectivity index (χ3v) is 6.09. The van der Waals surface area contributed by atoms with Crippen molar-refractivity contribution in [2.45, 2.75) is 70.7 Å². The Hall–Kier alpha value is -0.0600. The fourth-order valence-electron chi connectivity index (χ4n) is 2.58. The third kappa shape index (κ3) is 4.76. The van der Waals surface area contributed by atoms with Gasteiger partial charge >= 0.3 is 0 Å². The second-order valence-corrected chi connectivity index (χ2v) is 7.52. The van der Waals surface area contributed by atoms with E-state index in [0.29, 0.717) is 0 Å². The van der Waals surface area contributed by atoms with E-state index in [9.17, 15) is 0 Å². The van der Waals surface area contributed by atoms with E-state index in [1.165, 1.54) is 53.4 Å². The van der Waals surface area contributed by atoms with Crippen molar-refractivity contribution in [1.29, 1.82) is 0 Å².